The summed E-state index contributed by atoms with van der Waals surface area (Å²) in [6.07, 6.45) is 1.83. The van der Waals surface area contributed by atoms with Gasteiger partial charge in [-0.2, -0.15) is 0 Å². The second-order valence-electron chi connectivity index (χ2n) is 3.53. The van der Waals surface area contributed by atoms with Gasteiger partial charge in [0.25, 0.3) is 0 Å². The molecule has 7 heteroatoms. The number of nitrogens with zero attached hydrogens (tertiary/aromatic N) is 2. The third-order valence-electron chi connectivity index (χ3n) is 2.29. The van der Waals surface area contributed by atoms with E-state index in [-0.39, 0.29) is 5.69 Å². The Kier molecular flexibility index (Phi) is 4.44. The molecule has 0 radical (unpaired) electrons. The van der Waals surface area contributed by atoms with Crippen LogP contribution < -0.4 is 10.1 Å². The largest absolute Gasteiger partial charge is 0.497 e. The number of ether oxygens (including phenoxy) is 1. The zero-order valence-electron chi connectivity index (χ0n) is 10.3. The number of rotatable bonds is 4. The number of thioether (sulfide) groups is 1. The first-order chi connectivity index (χ1) is 9.12. The van der Waals surface area contributed by atoms with E-state index >= 15 is 0 Å². The lowest BCUT2D eigenvalue weighted by Crippen LogP contribution is -1.99. The molecule has 1 heterocycles. The van der Waals surface area contributed by atoms with Gasteiger partial charge in [0.2, 0.25) is 0 Å². The van der Waals surface area contributed by atoms with Crippen LogP contribution in [0.25, 0.3) is 0 Å². The number of anilines is 2. The van der Waals surface area contributed by atoms with E-state index < -0.39 is 5.82 Å². The average Bonchev–Trinajstić information content (AvgIpc) is 2.40. The van der Waals surface area contributed by atoms with Gasteiger partial charge in [-0.05, 0) is 18.4 Å². The molecule has 0 unspecified atom stereocenters. The molecule has 4 nitrogen and oxygen atoms in total. The lowest BCUT2D eigenvalue weighted by Gasteiger charge is -2.09. The first-order valence-electron chi connectivity index (χ1n) is 5.31. The summed E-state index contributed by atoms with van der Waals surface area (Å²) >= 11 is 7.22. The van der Waals surface area contributed by atoms with Crippen LogP contribution in [0.4, 0.5) is 15.9 Å². The molecule has 0 amide bonds. The van der Waals surface area contributed by atoms with Gasteiger partial charge in [-0.3, -0.25) is 0 Å². The highest BCUT2D eigenvalue weighted by Crippen LogP contribution is 2.25. The Morgan fingerprint density at radius 1 is 1.32 bits per heavy atom. The number of hydrogen-bond acceptors (Lipinski definition) is 5. The maximum Gasteiger partial charge on any atom is 0.190 e. The van der Waals surface area contributed by atoms with Crippen LogP contribution in [0.15, 0.2) is 29.4 Å². The maximum atomic E-state index is 13.7. The zero-order chi connectivity index (χ0) is 13.8. The molecule has 0 atom stereocenters. The van der Waals surface area contributed by atoms with Crippen LogP contribution in [0.1, 0.15) is 0 Å². The van der Waals surface area contributed by atoms with Crippen molar-refractivity contribution in [3.05, 3.63) is 35.2 Å². The highest BCUT2D eigenvalue weighted by atomic mass is 35.5. The van der Waals surface area contributed by atoms with Crippen LogP contribution in [0.3, 0.4) is 0 Å². The van der Waals surface area contributed by atoms with E-state index in [0.29, 0.717) is 21.9 Å². The van der Waals surface area contributed by atoms with Crippen molar-refractivity contribution in [3.63, 3.8) is 0 Å². The van der Waals surface area contributed by atoms with E-state index in [4.69, 9.17) is 16.3 Å². The van der Waals surface area contributed by atoms with Crippen LogP contribution >= 0.6 is 23.4 Å². The number of halogens is 2. The van der Waals surface area contributed by atoms with E-state index in [1.807, 2.05) is 6.26 Å². The normalized spacial score (nSPS) is 10.3. The molecular formula is C12H11ClFN3OS. The summed E-state index contributed by atoms with van der Waals surface area (Å²) in [6, 6.07) is 5.94. The first kappa shape index (κ1) is 13.9. The maximum absolute atomic E-state index is 13.7. The van der Waals surface area contributed by atoms with Crippen molar-refractivity contribution < 1.29 is 9.13 Å². The standard InChI is InChI=1S/C12H11ClFN3OS/c1-18-7-3-4-8(14)9(5-7)15-11-6-10(13)16-12(17-11)19-2/h3-6H,1-2H3,(H,15,16,17). The van der Waals surface area contributed by atoms with Crippen molar-refractivity contribution in [2.75, 3.05) is 18.7 Å². The molecule has 1 aromatic heterocycles. The second-order valence-corrected chi connectivity index (χ2v) is 4.69. The van der Waals surface area contributed by atoms with Crippen molar-refractivity contribution in [2.45, 2.75) is 5.16 Å². The Morgan fingerprint density at radius 2 is 2.11 bits per heavy atom. The van der Waals surface area contributed by atoms with Crippen molar-refractivity contribution in [2.24, 2.45) is 0 Å². The Balaban J connectivity index is 2.32. The Hall–Kier alpha value is -1.53. The lowest BCUT2D eigenvalue weighted by atomic mass is 10.3. The summed E-state index contributed by atoms with van der Waals surface area (Å²) < 4.78 is 18.7. The molecule has 100 valence electrons. The third kappa shape index (κ3) is 3.48. The SMILES string of the molecule is COc1ccc(F)c(Nc2cc(Cl)nc(SC)n2)c1. The minimum atomic E-state index is -0.402. The van der Waals surface area contributed by atoms with E-state index in [1.165, 1.54) is 31.0 Å². The van der Waals surface area contributed by atoms with Crippen LogP contribution in [0.5, 0.6) is 5.75 Å². The molecule has 0 fully saturated rings. The molecule has 0 saturated carbocycles. The van der Waals surface area contributed by atoms with E-state index in [1.54, 1.807) is 12.1 Å². The topological polar surface area (TPSA) is 47.0 Å². The summed E-state index contributed by atoms with van der Waals surface area (Å²) in [7, 11) is 1.52. The fourth-order valence-corrected chi connectivity index (χ4v) is 2.03. The van der Waals surface area contributed by atoms with Gasteiger partial charge < -0.3 is 10.1 Å². The number of nitrogens with one attached hydrogen (secondary N) is 1. The zero-order valence-corrected chi connectivity index (χ0v) is 11.8. The van der Waals surface area contributed by atoms with Gasteiger partial charge in [0.1, 0.15) is 22.5 Å². The van der Waals surface area contributed by atoms with E-state index in [0.717, 1.165) is 0 Å². The fourth-order valence-electron chi connectivity index (χ4n) is 1.42. The number of benzene rings is 1. The molecule has 1 aromatic carbocycles. The Labute approximate surface area is 119 Å². The molecule has 0 aliphatic rings. The molecule has 2 aromatic rings. The molecule has 19 heavy (non-hydrogen) atoms. The Morgan fingerprint density at radius 3 is 2.79 bits per heavy atom. The summed E-state index contributed by atoms with van der Waals surface area (Å²) in [5, 5.41) is 3.67. The third-order valence-corrected chi connectivity index (χ3v) is 3.03. The molecule has 0 aliphatic carbocycles. The highest BCUT2D eigenvalue weighted by Gasteiger charge is 2.07. The number of methoxy groups -OCH3 is 1. The molecule has 0 aliphatic heterocycles. The molecule has 2 rings (SSSR count). The fraction of sp³-hybridized carbons (Fsp3) is 0.167. The summed E-state index contributed by atoms with van der Waals surface area (Å²) in [5.74, 6) is 0.576. The van der Waals surface area contributed by atoms with Crippen molar-refractivity contribution in [3.8, 4) is 5.75 Å². The Bertz CT molecular complexity index is 597. The first-order valence-corrected chi connectivity index (χ1v) is 6.92. The predicted molar refractivity (Wildman–Crippen MR) is 75.1 cm³/mol. The van der Waals surface area contributed by atoms with Gasteiger partial charge in [-0.1, -0.05) is 23.4 Å². The van der Waals surface area contributed by atoms with Crippen LogP contribution in [0.2, 0.25) is 5.15 Å². The van der Waals surface area contributed by atoms with Gasteiger partial charge >= 0.3 is 0 Å². The molecule has 1 N–H and O–H groups in total. The minimum absolute atomic E-state index is 0.265. The number of hydrogen-bond donors (Lipinski definition) is 1. The van der Waals surface area contributed by atoms with Crippen LogP contribution in [0, 0.1) is 5.82 Å². The van der Waals surface area contributed by atoms with E-state index in [9.17, 15) is 4.39 Å². The van der Waals surface area contributed by atoms with Gasteiger partial charge in [0.15, 0.2) is 5.16 Å². The summed E-state index contributed by atoms with van der Waals surface area (Å²) in [6.45, 7) is 0. The highest BCUT2D eigenvalue weighted by molar-refractivity contribution is 7.98. The smallest absolute Gasteiger partial charge is 0.190 e. The van der Waals surface area contributed by atoms with Crippen molar-refractivity contribution in [1.82, 2.24) is 9.97 Å². The van der Waals surface area contributed by atoms with Gasteiger partial charge in [-0.25, -0.2) is 14.4 Å². The molecule has 0 spiro atoms. The van der Waals surface area contributed by atoms with E-state index in [2.05, 4.69) is 15.3 Å². The van der Waals surface area contributed by atoms with Crippen LogP contribution in [-0.4, -0.2) is 23.3 Å². The summed E-state index contributed by atoms with van der Waals surface area (Å²) in [4.78, 5) is 8.20. The predicted octanol–water partition coefficient (Wildman–Crippen LogP) is 3.74. The molecule has 0 saturated heterocycles. The summed E-state index contributed by atoms with van der Waals surface area (Å²) in [5.41, 5.74) is 0.265. The molecular weight excluding hydrogens is 289 g/mol. The second kappa shape index (κ2) is 6.08. The van der Waals surface area contributed by atoms with Gasteiger partial charge in [0, 0.05) is 12.1 Å². The minimum Gasteiger partial charge on any atom is -0.497 e. The average molecular weight is 300 g/mol. The monoisotopic (exact) mass is 299 g/mol. The number of aromatic nitrogens is 2. The molecule has 0 bridgehead atoms. The lowest BCUT2D eigenvalue weighted by molar-refractivity contribution is 0.414. The van der Waals surface area contributed by atoms with Crippen molar-refractivity contribution >= 4 is 34.9 Å². The van der Waals surface area contributed by atoms with Crippen molar-refractivity contribution in [1.29, 1.82) is 0 Å². The quantitative estimate of drug-likeness (QED) is 0.529. The van der Waals surface area contributed by atoms with Gasteiger partial charge in [0.05, 0.1) is 12.8 Å². The van der Waals surface area contributed by atoms with Gasteiger partial charge in [-0.15, -0.1) is 0 Å². The van der Waals surface area contributed by atoms with Crippen LogP contribution in [-0.2, 0) is 0 Å².